The molecule has 0 aliphatic carbocycles. The summed E-state index contributed by atoms with van der Waals surface area (Å²) in [6, 6.07) is 3.29. The molecule has 1 aromatic heterocycles. The number of nitrogens with zero attached hydrogens (tertiary/aromatic N) is 2. The third-order valence-electron chi connectivity index (χ3n) is 2.68. The maximum Gasteiger partial charge on any atom is 0.159 e. The third kappa shape index (κ3) is 1.89. The number of hydrogen-bond donors (Lipinski definition) is 1. The smallest absolute Gasteiger partial charge is 0.159 e. The van der Waals surface area contributed by atoms with Crippen molar-refractivity contribution >= 4 is 0 Å². The molecular weight excluding hydrogens is 224 g/mol. The van der Waals surface area contributed by atoms with Crippen LogP contribution in [0.25, 0.3) is 11.4 Å². The first kappa shape index (κ1) is 10.3. The Labute approximate surface area is 96.5 Å². The van der Waals surface area contributed by atoms with Crippen molar-refractivity contribution in [3.63, 3.8) is 0 Å². The standard InChI is InChI=1S/C12H9F2N3/c13-9-1-7(2-10(14)3-9)12-16-5-8-4-15-6-11(8)17-12/h1-3,5,15H,4,6H2. The lowest BCUT2D eigenvalue weighted by Crippen LogP contribution is -2.00. The molecule has 0 saturated heterocycles. The zero-order chi connectivity index (χ0) is 11.8. The van der Waals surface area contributed by atoms with Crippen LogP contribution in [-0.2, 0) is 13.1 Å². The van der Waals surface area contributed by atoms with Gasteiger partial charge in [0.15, 0.2) is 5.82 Å². The molecule has 1 aliphatic rings. The predicted octanol–water partition coefficient (Wildman–Crippen LogP) is 2.02. The van der Waals surface area contributed by atoms with Crippen LogP contribution in [0.4, 0.5) is 8.78 Å². The van der Waals surface area contributed by atoms with Crippen LogP contribution in [0, 0.1) is 11.6 Å². The summed E-state index contributed by atoms with van der Waals surface area (Å²) >= 11 is 0. The Balaban J connectivity index is 2.09. The first-order chi connectivity index (χ1) is 8.22. The van der Waals surface area contributed by atoms with E-state index in [-0.39, 0.29) is 0 Å². The second kappa shape index (κ2) is 3.85. The molecular formula is C12H9F2N3. The lowest BCUT2D eigenvalue weighted by atomic mass is 10.2. The Kier molecular flexibility index (Phi) is 2.33. The van der Waals surface area contributed by atoms with Crippen LogP contribution in [0.1, 0.15) is 11.3 Å². The first-order valence-corrected chi connectivity index (χ1v) is 5.24. The number of rotatable bonds is 1. The lowest BCUT2D eigenvalue weighted by molar-refractivity contribution is 0.584. The first-order valence-electron chi connectivity index (χ1n) is 5.24. The molecule has 0 spiro atoms. The van der Waals surface area contributed by atoms with Crippen LogP contribution in [0.3, 0.4) is 0 Å². The molecule has 2 heterocycles. The maximum atomic E-state index is 13.1. The van der Waals surface area contributed by atoms with Gasteiger partial charge in [-0.1, -0.05) is 0 Å². The second-order valence-electron chi connectivity index (χ2n) is 3.93. The normalized spacial score (nSPS) is 13.8. The van der Waals surface area contributed by atoms with Crippen LogP contribution in [0.5, 0.6) is 0 Å². The summed E-state index contributed by atoms with van der Waals surface area (Å²) in [4.78, 5) is 8.42. The number of aromatic nitrogens is 2. The van der Waals surface area contributed by atoms with E-state index in [2.05, 4.69) is 15.3 Å². The van der Waals surface area contributed by atoms with Crippen LogP contribution in [0.15, 0.2) is 24.4 Å². The topological polar surface area (TPSA) is 37.8 Å². The van der Waals surface area contributed by atoms with Crippen molar-refractivity contribution in [1.82, 2.24) is 15.3 Å². The van der Waals surface area contributed by atoms with Crippen LogP contribution in [0.2, 0.25) is 0 Å². The highest BCUT2D eigenvalue weighted by Crippen LogP contribution is 2.20. The van der Waals surface area contributed by atoms with Crippen molar-refractivity contribution in [3.05, 3.63) is 47.3 Å². The van der Waals surface area contributed by atoms with E-state index in [4.69, 9.17) is 0 Å². The van der Waals surface area contributed by atoms with Gasteiger partial charge in [0.25, 0.3) is 0 Å². The Morgan fingerprint density at radius 1 is 1.06 bits per heavy atom. The van der Waals surface area contributed by atoms with E-state index >= 15 is 0 Å². The molecule has 0 saturated carbocycles. The van der Waals surface area contributed by atoms with Gasteiger partial charge in [0.2, 0.25) is 0 Å². The van der Waals surface area contributed by atoms with Crippen molar-refractivity contribution in [2.75, 3.05) is 0 Å². The van der Waals surface area contributed by atoms with Crippen LogP contribution < -0.4 is 5.32 Å². The van der Waals surface area contributed by atoms with Crippen LogP contribution >= 0.6 is 0 Å². The second-order valence-corrected chi connectivity index (χ2v) is 3.93. The molecule has 0 amide bonds. The largest absolute Gasteiger partial charge is 0.307 e. The average Bonchev–Trinajstić information content (AvgIpc) is 2.74. The summed E-state index contributed by atoms with van der Waals surface area (Å²) in [5, 5.41) is 3.14. The van der Waals surface area contributed by atoms with Gasteiger partial charge in [-0.3, -0.25) is 0 Å². The van der Waals surface area contributed by atoms with Gasteiger partial charge in [-0.25, -0.2) is 18.7 Å². The molecule has 0 unspecified atom stereocenters. The number of hydrogen-bond acceptors (Lipinski definition) is 3. The number of fused-ring (bicyclic) bond motifs is 1. The van der Waals surface area contributed by atoms with Gasteiger partial charge >= 0.3 is 0 Å². The molecule has 17 heavy (non-hydrogen) atoms. The van der Waals surface area contributed by atoms with Crippen molar-refractivity contribution in [2.24, 2.45) is 0 Å². The Morgan fingerprint density at radius 2 is 1.82 bits per heavy atom. The minimum atomic E-state index is -0.623. The highest BCUT2D eigenvalue weighted by atomic mass is 19.1. The molecule has 86 valence electrons. The molecule has 1 aromatic carbocycles. The molecule has 3 rings (SSSR count). The Hall–Kier alpha value is -1.88. The number of halogens is 2. The summed E-state index contributed by atoms with van der Waals surface area (Å²) in [6.45, 7) is 1.41. The Bertz CT molecular complexity index is 564. The van der Waals surface area contributed by atoms with E-state index in [1.807, 2.05) is 0 Å². The minimum Gasteiger partial charge on any atom is -0.307 e. The third-order valence-corrected chi connectivity index (χ3v) is 2.68. The summed E-state index contributed by atoms with van der Waals surface area (Å²) < 4.78 is 26.2. The predicted molar refractivity (Wildman–Crippen MR) is 57.9 cm³/mol. The molecule has 3 nitrogen and oxygen atoms in total. The monoisotopic (exact) mass is 233 g/mol. The van der Waals surface area contributed by atoms with Crippen LogP contribution in [-0.4, -0.2) is 9.97 Å². The molecule has 0 bridgehead atoms. The van der Waals surface area contributed by atoms with E-state index in [0.717, 1.165) is 23.9 Å². The summed E-state index contributed by atoms with van der Waals surface area (Å²) in [6.07, 6.45) is 1.69. The van der Waals surface area contributed by atoms with Gasteiger partial charge in [-0.15, -0.1) is 0 Å². The fraction of sp³-hybridized carbons (Fsp3) is 0.167. The van der Waals surface area contributed by atoms with E-state index in [1.54, 1.807) is 6.20 Å². The van der Waals surface area contributed by atoms with Crippen molar-refractivity contribution in [1.29, 1.82) is 0 Å². The summed E-state index contributed by atoms with van der Waals surface area (Å²) in [5.41, 5.74) is 2.28. The van der Waals surface area contributed by atoms with Gasteiger partial charge in [-0.2, -0.15) is 0 Å². The zero-order valence-corrected chi connectivity index (χ0v) is 8.87. The summed E-state index contributed by atoms with van der Waals surface area (Å²) in [7, 11) is 0. The van der Waals surface area contributed by atoms with Gasteiger partial charge in [0.05, 0.1) is 5.69 Å². The van der Waals surface area contributed by atoms with E-state index in [9.17, 15) is 8.78 Å². The van der Waals surface area contributed by atoms with Gasteiger partial charge in [-0.05, 0) is 12.1 Å². The highest BCUT2D eigenvalue weighted by Gasteiger charge is 2.14. The molecule has 1 N–H and O–H groups in total. The van der Waals surface area contributed by atoms with Crippen molar-refractivity contribution in [2.45, 2.75) is 13.1 Å². The summed E-state index contributed by atoms with van der Waals surface area (Å²) in [5.74, 6) is -0.893. The maximum absolute atomic E-state index is 13.1. The molecule has 1 aliphatic heterocycles. The van der Waals surface area contributed by atoms with Gasteiger partial charge in [0, 0.05) is 36.5 Å². The molecule has 2 aromatic rings. The lowest BCUT2D eigenvalue weighted by Gasteiger charge is -2.03. The number of nitrogens with one attached hydrogen (secondary N) is 1. The molecule has 0 atom stereocenters. The fourth-order valence-corrected chi connectivity index (χ4v) is 1.88. The fourth-order valence-electron chi connectivity index (χ4n) is 1.88. The highest BCUT2D eigenvalue weighted by molar-refractivity contribution is 5.55. The molecule has 0 radical (unpaired) electrons. The molecule has 0 fully saturated rings. The SMILES string of the molecule is Fc1cc(F)cc(-c2ncc3c(n2)CNC3)c1. The van der Waals surface area contributed by atoms with Crippen molar-refractivity contribution < 1.29 is 8.78 Å². The van der Waals surface area contributed by atoms with Gasteiger partial charge < -0.3 is 5.32 Å². The Morgan fingerprint density at radius 3 is 2.59 bits per heavy atom. The molecule has 5 heteroatoms. The number of benzene rings is 1. The quantitative estimate of drug-likeness (QED) is 0.818. The van der Waals surface area contributed by atoms with E-state index in [1.165, 1.54) is 12.1 Å². The zero-order valence-electron chi connectivity index (χ0n) is 8.87. The van der Waals surface area contributed by atoms with E-state index in [0.29, 0.717) is 17.9 Å². The minimum absolute atomic E-state index is 0.353. The van der Waals surface area contributed by atoms with Gasteiger partial charge in [0.1, 0.15) is 11.6 Å². The van der Waals surface area contributed by atoms with Crippen molar-refractivity contribution in [3.8, 4) is 11.4 Å². The van der Waals surface area contributed by atoms with E-state index < -0.39 is 11.6 Å². The average molecular weight is 233 g/mol.